The molecule has 0 spiro atoms. The molecule has 2 aliphatic rings. The third-order valence-corrected chi connectivity index (χ3v) is 3.42. The van der Waals surface area contributed by atoms with Crippen molar-refractivity contribution in [3.63, 3.8) is 0 Å². The summed E-state index contributed by atoms with van der Waals surface area (Å²) in [6, 6.07) is 0.953. The second-order valence-electron chi connectivity index (χ2n) is 5.06. The molecule has 0 radical (unpaired) electrons. The fourth-order valence-electron chi connectivity index (χ4n) is 2.23. The van der Waals surface area contributed by atoms with Crippen LogP contribution in [0.5, 0.6) is 0 Å². The molecule has 1 unspecified atom stereocenters. The first kappa shape index (κ1) is 16.5. The number of likely N-dealkylation sites (tertiary alicyclic amines) is 1. The van der Waals surface area contributed by atoms with Crippen molar-refractivity contribution in [1.29, 1.82) is 0 Å². The molecule has 1 amide bonds. The van der Waals surface area contributed by atoms with E-state index in [0.717, 1.165) is 32.0 Å². The highest BCUT2D eigenvalue weighted by Gasteiger charge is 2.27. The first-order valence-electron chi connectivity index (χ1n) is 7.08. The number of amides is 1. The van der Waals surface area contributed by atoms with E-state index in [2.05, 4.69) is 15.6 Å². The second-order valence-corrected chi connectivity index (χ2v) is 5.06. The molecule has 1 heterocycles. The molecule has 0 aromatic heterocycles. The zero-order valence-corrected chi connectivity index (χ0v) is 14.1. The van der Waals surface area contributed by atoms with Crippen molar-refractivity contribution < 1.29 is 4.79 Å². The first-order valence-corrected chi connectivity index (χ1v) is 7.08. The summed E-state index contributed by atoms with van der Waals surface area (Å²) in [6.45, 7) is 6.42. The first-order chi connectivity index (χ1) is 8.72. The van der Waals surface area contributed by atoms with Gasteiger partial charge in [-0.2, -0.15) is 0 Å². The minimum Gasteiger partial charge on any atom is -0.354 e. The van der Waals surface area contributed by atoms with E-state index < -0.39 is 0 Å². The number of hydrogen-bond donors (Lipinski definition) is 2. The SMILES string of the molecule is CCN=C(NC1CC1)NC1CCN(C(=O)CC)C1.I. The van der Waals surface area contributed by atoms with Gasteiger partial charge in [-0.1, -0.05) is 6.92 Å². The van der Waals surface area contributed by atoms with Crippen molar-refractivity contribution in [2.45, 2.75) is 51.6 Å². The van der Waals surface area contributed by atoms with E-state index in [4.69, 9.17) is 0 Å². The monoisotopic (exact) mass is 380 g/mol. The van der Waals surface area contributed by atoms with Crippen molar-refractivity contribution in [2.75, 3.05) is 19.6 Å². The molecular formula is C13H25IN4O. The molecule has 0 aromatic rings. The maximum absolute atomic E-state index is 11.6. The van der Waals surface area contributed by atoms with Crippen molar-refractivity contribution in [3.05, 3.63) is 0 Å². The Morgan fingerprint density at radius 1 is 1.21 bits per heavy atom. The molecule has 0 aromatic carbocycles. The summed E-state index contributed by atoms with van der Waals surface area (Å²) in [4.78, 5) is 18.0. The van der Waals surface area contributed by atoms with E-state index in [0.29, 0.717) is 18.5 Å². The van der Waals surface area contributed by atoms with Crippen LogP contribution in [0.3, 0.4) is 0 Å². The minimum absolute atomic E-state index is 0. The fraction of sp³-hybridized carbons (Fsp3) is 0.846. The van der Waals surface area contributed by atoms with Crippen molar-refractivity contribution in [1.82, 2.24) is 15.5 Å². The molecule has 5 nitrogen and oxygen atoms in total. The second kappa shape index (κ2) is 7.91. The summed E-state index contributed by atoms with van der Waals surface area (Å²) in [5.41, 5.74) is 0. The Balaban J connectivity index is 0.00000180. The van der Waals surface area contributed by atoms with Crippen LogP contribution < -0.4 is 10.6 Å². The number of halogens is 1. The zero-order valence-electron chi connectivity index (χ0n) is 11.8. The molecular weight excluding hydrogens is 355 g/mol. The lowest BCUT2D eigenvalue weighted by molar-refractivity contribution is -0.129. The van der Waals surface area contributed by atoms with Crippen LogP contribution in [0.4, 0.5) is 0 Å². The molecule has 1 aliphatic carbocycles. The number of hydrogen-bond acceptors (Lipinski definition) is 2. The summed E-state index contributed by atoms with van der Waals surface area (Å²) >= 11 is 0. The maximum Gasteiger partial charge on any atom is 0.222 e. The van der Waals surface area contributed by atoms with Gasteiger partial charge < -0.3 is 15.5 Å². The predicted octanol–water partition coefficient (Wildman–Crippen LogP) is 1.33. The largest absolute Gasteiger partial charge is 0.354 e. The van der Waals surface area contributed by atoms with Crippen molar-refractivity contribution >= 4 is 35.8 Å². The Morgan fingerprint density at radius 2 is 1.89 bits per heavy atom. The lowest BCUT2D eigenvalue weighted by atomic mass is 10.3. The molecule has 2 rings (SSSR count). The van der Waals surface area contributed by atoms with Gasteiger partial charge >= 0.3 is 0 Å². The molecule has 110 valence electrons. The quantitative estimate of drug-likeness (QED) is 0.440. The lowest BCUT2D eigenvalue weighted by Gasteiger charge is -2.18. The third kappa shape index (κ3) is 5.16. The number of carbonyl (C=O) groups excluding carboxylic acids is 1. The van der Waals surface area contributed by atoms with E-state index >= 15 is 0 Å². The van der Waals surface area contributed by atoms with E-state index in [-0.39, 0.29) is 29.9 Å². The summed E-state index contributed by atoms with van der Waals surface area (Å²) in [5.74, 6) is 1.17. The Hall–Kier alpha value is -0.530. The summed E-state index contributed by atoms with van der Waals surface area (Å²) in [6.07, 6.45) is 4.11. The summed E-state index contributed by atoms with van der Waals surface area (Å²) < 4.78 is 0. The Bertz CT molecular complexity index is 331. The lowest BCUT2D eigenvalue weighted by Crippen LogP contribution is -2.45. The third-order valence-electron chi connectivity index (χ3n) is 3.42. The van der Waals surface area contributed by atoms with Gasteiger partial charge in [-0.3, -0.25) is 9.79 Å². The highest BCUT2D eigenvalue weighted by Crippen LogP contribution is 2.18. The molecule has 1 aliphatic heterocycles. The van der Waals surface area contributed by atoms with Crippen molar-refractivity contribution in [2.24, 2.45) is 4.99 Å². The Kier molecular flexibility index (Phi) is 6.88. The maximum atomic E-state index is 11.6. The molecule has 1 saturated carbocycles. The van der Waals surface area contributed by atoms with Gasteiger partial charge in [-0.05, 0) is 26.2 Å². The van der Waals surface area contributed by atoms with Gasteiger partial charge in [0.1, 0.15) is 0 Å². The Morgan fingerprint density at radius 3 is 2.47 bits per heavy atom. The summed E-state index contributed by atoms with van der Waals surface area (Å²) in [7, 11) is 0. The number of nitrogens with one attached hydrogen (secondary N) is 2. The van der Waals surface area contributed by atoms with Crippen LogP contribution in [-0.2, 0) is 4.79 Å². The number of carbonyl (C=O) groups is 1. The van der Waals surface area contributed by atoms with E-state index in [9.17, 15) is 4.79 Å². The normalized spacial score (nSPS) is 22.9. The molecule has 0 bridgehead atoms. The average Bonchev–Trinajstić information content (AvgIpc) is 3.05. The van der Waals surface area contributed by atoms with E-state index in [1.165, 1.54) is 12.8 Å². The highest BCUT2D eigenvalue weighted by molar-refractivity contribution is 14.0. The zero-order chi connectivity index (χ0) is 13.0. The molecule has 2 fully saturated rings. The van der Waals surface area contributed by atoms with E-state index in [1.54, 1.807) is 0 Å². The van der Waals surface area contributed by atoms with Gasteiger partial charge in [0, 0.05) is 38.1 Å². The van der Waals surface area contributed by atoms with Gasteiger partial charge in [0.2, 0.25) is 5.91 Å². The molecule has 2 N–H and O–H groups in total. The molecule has 1 saturated heterocycles. The van der Waals surface area contributed by atoms with Crippen molar-refractivity contribution in [3.8, 4) is 0 Å². The van der Waals surface area contributed by atoms with Crippen LogP contribution in [0.25, 0.3) is 0 Å². The van der Waals surface area contributed by atoms with Crippen LogP contribution in [-0.4, -0.2) is 48.5 Å². The number of nitrogens with zero attached hydrogens (tertiary/aromatic N) is 2. The van der Waals surface area contributed by atoms with Gasteiger partial charge in [-0.25, -0.2) is 0 Å². The smallest absolute Gasteiger partial charge is 0.222 e. The van der Waals surface area contributed by atoms with Gasteiger partial charge in [0.15, 0.2) is 5.96 Å². The van der Waals surface area contributed by atoms with Crippen LogP contribution in [0.15, 0.2) is 4.99 Å². The Labute approximate surface area is 132 Å². The van der Waals surface area contributed by atoms with Gasteiger partial charge in [0.05, 0.1) is 0 Å². The van der Waals surface area contributed by atoms with Crippen LogP contribution >= 0.6 is 24.0 Å². The molecule has 6 heteroatoms. The standard InChI is InChI=1S/C13H24N4O.HI/c1-3-12(18)17-8-7-11(9-17)16-13(14-4-2)15-10-5-6-10;/h10-11H,3-9H2,1-2H3,(H2,14,15,16);1H. The van der Waals surface area contributed by atoms with Crippen LogP contribution in [0, 0.1) is 0 Å². The van der Waals surface area contributed by atoms with Gasteiger partial charge in [0.25, 0.3) is 0 Å². The van der Waals surface area contributed by atoms with Gasteiger partial charge in [-0.15, -0.1) is 24.0 Å². The molecule has 1 atom stereocenters. The summed E-state index contributed by atoms with van der Waals surface area (Å²) in [5, 5.41) is 6.85. The predicted molar refractivity (Wildman–Crippen MR) is 88.0 cm³/mol. The van der Waals surface area contributed by atoms with Crippen LogP contribution in [0.1, 0.15) is 39.5 Å². The van der Waals surface area contributed by atoms with E-state index in [1.807, 2.05) is 18.7 Å². The van der Waals surface area contributed by atoms with Crippen LogP contribution in [0.2, 0.25) is 0 Å². The molecule has 19 heavy (non-hydrogen) atoms. The number of guanidine groups is 1. The average molecular weight is 380 g/mol. The number of rotatable bonds is 4. The number of aliphatic imine (C=N–C) groups is 1. The fourth-order valence-corrected chi connectivity index (χ4v) is 2.23. The topological polar surface area (TPSA) is 56.7 Å². The minimum atomic E-state index is 0. The highest BCUT2D eigenvalue weighted by atomic mass is 127.